The van der Waals surface area contributed by atoms with Gasteiger partial charge in [0.25, 0.3) is 5.56 Å². The summed E-state index contributed by atoms with van der Waals surface area (Å²) in [4.78, 5) is 35.1. The van der Waals surface area contributed by atoms with E-state index in [1.807, 2.05) is 0 Å². The minimum absolute atomic E-state index is 0.311. The molecule has 3 rings (SSSR count). The van der Waals surface area contributed by atoms with Gasteiger partial charge in [0.2, 0.25) is 0 Å². The van der Waals surface area contributed by atoms with Gasteiger partial charge in [-0.3, -0.25) is 18.9 Å². The van der Waals surface area contributed by atoms with E-state index in [9.17, 15) is 9.59 Å². The molecule has 0 atom stereocenters. The van der Waals surface area contributed by atoms with Crippen LogP contribution < -0.4 is 16.6 Å². The van der Waals surface area contributed by atoms with Crippen LogP contribution in [0.3, 0.4) is 0 Å². The number of amidine groups is 1. The lowest BCUT2D eigenvalue weighted by atomic mass is 10.5. The standard InChI is InChI=1S/C10H12N6O2/c1-15-8-5(9(17)16(2)10(15)18)13-7(14-8)6-11-3-4-12-6/h3-4H2,1-2H3,(H,11,12)(H,13,14). The van der Waals surface area contributed by atoms with Gasteiger partial charge in [-0.25, -0.2) is 9.78 Å². The van der Waals surface area contributed by atoms with Crippen LogP contribution in [0.15, 0.2) is 14.6 Å². The quantitative estimate of drug-likeness (QED) is 0.629. The molecule has 2 N–H and O–H groups in total. The highest BCUT2D eigenvalue weighted by Gasteiger charge is 2.17. The minimum Gasteiger partial charge on any atom is -0.365 e. The average Bonchev–Trinajstić information content (AvgIpc) is 3.01. The van der Waals surface area contributed by atoms with E-state index < -0.39 is 5.69 Å². The molecule has 1 aliphatic heterocycles. The number of aromatic nitrogens is 4. The molecule has 0 aliphatic carbocycles. The van der Waals surface area contributed by atoms with Gasteiger partial charge in [-0.2, -0.15) is 0 Å². The molecule has 0 amide bonds. The topological polar surface area (TPSA) is 97.1 Å². The molecule has 2 aromatic heterocycles. The highest BCUT2D eigenvalue weighted by Crippen LogP contribution is 2.05. The van der Waals surface area contributed by atoms with E-state index in [0.29, 0.717) is 29.4 Å². The van der Waals surface area contributed by atoms with Crippen molar-refractivity contribution < 1.29 is 0 Å². The van der Waals surface area contributed by atoms with E-state index in [-0.39, 0.29) is 5.56 Å². The number of aromatic amines is 1. The number of hydrogen-bond acceptors (Lipinski definition) is 5. The van der Waals surface area contributed by atoms with Crippen LogP contribution in [0.1, 0.15) is 5.82 Å². The lowest BCUT2D eigenvalue weighted by Crippen LogP contribution is -2.36. The summed E-state index contributed by atoms with van der Waals surface area (Å²) in [6.45, 7) is 1.44. The van der Waals surface area contributed by atoms with E-state index in [1.54, 1.807) is 7.05 Å². The number of hydrogen-bond donors (Lipinski definition) is 2. The number of nitrogens with zero attached hydrogens (tertiary/aromatic N) is 4. The molecule has 1 aliphatic rings. The van der Waals surface area contributed by atoms with Crippen molar-refractivity contribution >= 4 is 17.0 Å². The van der Waals surface area contributed by atoms with E-state index in [1.165, 1.54) is 11.6 Å². The largest absolute Gasteiger partial charge is 0.365 e. The van der Waals surface area contributed by atoms with Crippen molar-refractivity contribution in [1.82, 2.24) is 24.4 Å². The zero-order chi connectivity index (χ0) is 12.9. The Hall–Kier alpha value is -2.38. The van der Waals surface area contributed by atoms with Crippen molar-refractivity contribution in [3.63, 3.8) is 0 Å². The van der Waals surface area contributed by atoms with Crippen molar-refractivity contribution in [3.8, 4) is 0 Å². The molecule has 0 bridgehead atoms. The van der Waals surface area contributed by atoms with Crippen molar-refractivity contribution in [2.45, 2.75) is 0 Å². The monoisotopic (exact) mass is 248 g/mol. The second kappa shape index (κ2) is 3.56. The van der Waals surface area contributed by atoms with E-state index in [2.05, 4.69) is 20.3 Å². The summed E-state index contributed by atoms with van der Waals surface area (Å²) >= 11 is 0. The van der Waals surface area contributed by atoms with Gasteiger partial charge in [0.1, 0.15) is 5.52 Å². The predicted octanol–water partition coefficient (Wildman–Crippen LogP) is -1.69. The van der Waals surface area contributed by atoms with Gasteiger partial charge < -0.3 is 10.3 Å². The molecule has 0 saturated heterocycles. The fourth-order valence-electron chi connectivity index (χ4n) is 1.99. The number of nitrogens with one attached hydrogen (secondary N) is 2. The van der Waals surface area contributed by atoms with Crippen LogP contribution >= 0.6 is 0 Å². The van der Waals surface area contributed by atoms with Crippen LogP contribution in [0.4, 0.5) is 0 Å². The van der Waals surface area contributed by atoms with Gasteiger partial charge in [-0.05, 0) is 0 Å². The van der Waals surface area contributed by atoms with Crippen LogP contribution in [0.2, 0.25) is 0 Å². The summed E-state index contributed by atoms with van der Waals surface area (Å²) in [5, 5.41) is 3.06. The summed E-state index contributed by atoms with van der Waals surface area (Å²) in [7, 11) is 3.02. The fraction of sp³-hybridized carbons (Fsp3) is 0.400. The average molecular weight is 248 g/mol. The third kappa shape index (κ3) is 1.31. The van der Waals surface area contributed by atoms with Crippen LogP contribution in [0, 0.1) is 0 Å². The van der Waals surface area contributed by atoms with Gasteiger partial charge in [0.05, 0.1) is 6.54 Å². The molecular formula is C10H12N6O2. The molecule has 3 heterocycles. The lowest BCUT2D eigenvalue weighted by molar-refractivity contribution is 0.708. The van der Waals surface area contributed by atoms with Crippen LogP contribution in [-0.2, 0) is 14.1 Å². The van der Waals surface area contributed by atoms with Gasteiger partial charge in [0.15, 0.2) is 17.3 Å². The Morgan fingerprint density at radius 3 is 2.67 bits per heavy atom. The smallest absolute Gasteiger partial charge is 0.332 e. The Kier molecular flexibility index (Phi) is 2.12. The van der Waals surface area contributed by atoms with Crippen molar-refractivity contribution in [2.24, 2.45) is 19.1 Å². The van der Waals surface area contributed by atoms with E-state index in [0.717, 1.165) is 11.1 Å². The summed E-state index contributed by atoms with van der Waals surface area (Å²) in [6, 6.07) is 0. The van der Waals surface area contributed by atoms with E-state index in [4.69, 9.17) is 0 Å². The normalized spacial score (nSPS) is 14.9. The molecule has 0 radical (unpaired) electrons. The summed E-state index contributed by atoms with van der Waals surface area (Å²) < 4.78 is 2.39. The predicted molar refractivity (Wildman–Crippen MR) is 66.0 cm³/mol. The number of imidazole rings is 1. The summed E-state index contributed by atoms with van der Waals surface area (Å²) in [5.74, 6) is 1.11. The first kappa shape index (κ1) is 10.8. The van der Waals surface area contributed by atoms with Gasteiger partial charge in [0, 0.05) is 20.6 Å². The summed E-state index contributed by atoms with van der Waals surface area (Å²) in [5.41, 5.74) is -0.127. The van der Waals surface area contributed by atoms with E-state index >= 15 is 0 Å². The second-order valence-electron chi connectivity index (χ2n) is 4.15. The Labute approximate surface area is 101 Å². The molecule has 2 aromatic rings. The third-order valence-electron chi connectivity index (χ3n) is 2.99. The molecule has 18 heavy (non-hydrogen) atoms. The molecule has 94 valence electrons. The highest BCUT2D eigenvalue weighted by molar-refractivity contribution is 5.98. The fourth-order valence-corrected chi connectivity index (χ4v) is 1.99. The maximum atomic E-state index is 11.9. The van der Waals surface area contributed by atoms with Gasteiger partial charge in [-0.1, -0.05) is 0 Å². The Bertz CT molecular complexity index is 778. The molecular weight excluding hydrogens is 236 g/mol. The maximum Gasteiger partial charge on any atom is 0.332 e. The first-order valence-corrected chi connectivity index (χ1v) is 5.54. The molecule has 0 aromatic carbocycles. The van der Waals surface area contributed by atoms with Gasteiger partial charge in [-0.15, -0.1) is 0 Å². The molecule has 0 saturated carbocycles. The minimum atomic E-state index is -0.396. The number of H-pyrrole nitrogens is 1. The molecule has 0 spiro atoms. The summed E-state index contributed by atoms with van der Waals surface area (Å²) in [6.07, 6.45) is 0. The maximum absolute atomic E-state index is 11.9. The molecule has 8 heteroatoms. The third-order valence-corrected chi connectivity index (χ3v) is 2.99. The Morgan fingerprint density at radius 1 is 1.22 bits per heavy atom. The Balaban J connectivity index is 2.36. The zero-order valence-corrected chi connectivity index (χ0v) is 10.0. The van der Waals surface area contributed by atoms with Crippen molar-refractivity contribution in [3.05, 3.63) is 26.7 Å². The number of aliphatic imine (C=N–C) groups is 1. The SMILES string of the molecule is Cn1c(=O)c2[nH]c(C3=NCCN3)nc2n(C)c1=O. The highest BCUT2D eigenvalue weighted by atomic mass is 16.2. The first-order chi connectivity index (χ1) is 8.59. The van der Waals surface area contributed by atoms with Crippen LogP contribution in [0.5, 0.6) is 0 Å². The van der Waals surface area contributed by atoms with Crippen LogP contribution in [-0.4, -0.2) is 38.0 Å². The van der Waals surface area contributed by atoms with Gasteiger partial charge >= 0.3 is 5.69 Å². The zero-order valence-electron chi connectivity index (χ0n) is 10.0. The number of aryl methyl sites for hydroxylation is 1. The number of rotatable bonds is 1. The number of fused-ring (bicyclic) bond motifs is 1. The van der Waals surface area contributed by atoms with Crippen LogP contribution in [0.25, 0.3) is 11.2 Å². The van der Waals surface area contributed by atoms with Crippen molar-refractivity contribution in [1.29, 1.82) is 0 Å². The molecule has 0 fully saturated rings. The second-order valence-corrected chi connectivity index (χ2v) is 4.15. The lowest BCUT2D eigenvalue weighted by Gasteiger charge is -2.00. The first-order valence-electron chi connectivity index (χ1n) is 5.54. The Morgan fingerprint density at radius 2 is 2.00 bits per heavy atom. The van der Waals surface area contributed by atoms with Crippen molar-refractivity contribution in [2.75, 3.05) is 13.1 Å². The molecule has 0 unspecified atom stereocenters. The molecule has 8 nitrogen and oxygen atoms in total.